The molecule has 0 radical (unpaired) electrons. The number of carboxylic acids is 1. The van der Waals surface area contributed by atoms with Crippen molar-refractivity contribution in [3.8, 4) is 5.88 Å². The number of aliphatic carboxylic acids is 1. The molecule has 4 rings (SSSR count). The number of aromatic hydroxyl groups is 1. The summed E-state index contributed by atoms with van der Waals surface area (Å²) < 4.78 is 27.1. The minimum absolute atomic E-state index is 0.0170. The van der Waals surface area contributed by atoms with Crippen molar-refractivity contribution in [2.45, 2.75) is 11.3 Å². The van der Waals surface area contributed by atoms with Gasteiger partial charge in [0.2, 0.25) is 15.8 Å². The van der Waals surface area contributed by atoms with Crippen LogP contribution in [-0.2, 0) is 14.8 Å². The third kappa shape index (κ3) is 3.28. The number of sulfonamides is 1. The van der Waals surface area contributed by atoms with Gasteiger partial charge in [-0.05, 0) is 30.3 Å². The number of aromatic nitrogens is 1. The second kappa shape index (κ2) is 6.83. The Kier molecular flexibility index (Phi) is 4.44. The Hall–Kier alpha value is -3.50. The number of carbonyl (C=O) groups is 2. The lowest BCUT2D eigenvalue weighted by Gasteiger charge is -2.06. The van der Waals surface area contributed by atoms with Gasteiger partial charge < -0.3 is 15.2 Å². The van der Waals surface area contributed by atoms with E-state index in [9.17, 15) is 23.1 Å². The van der Waals surface area contributed by atoms with E-state index in [1.165, 1.54) is 18.2 Å². The van der Waals surface area contributed by atoms with E-state index >= 15 is 0 Å². The van der Waals surface area contributed by atoms with Crippen molar-refractivity contribution in [1.29, 1.82) is 0 Å². The van der Waals surface area contributed by atoms with Crippen molar-refractivity contribution in [3.05, 3.63) is 53.6 Å². The van der Waals surface area contributed by atoms with E-state index in [0.29, 0.717) is 22.2 Å². The molecule has 2 aromatic carbocycles. The van der Waals surface area contributed by atoms with Crippen molar-refractivity contribution < 1.29 is 28.2 Å². The normalized spacial score (nSPS) is 13.5. The number of para-hydroxylation sites is 1. The molecule has 2 heterocycles. The van der Waals surface area contributed by atoms with E-state index in [-0.39, 0.29) is 40.8 Å². The molecule has 1 aromatic heterocycles. The van der Waals surface area contributed by atoms with Crippen LogP contribution in [0.2, 0.25) is 0 Å². The first-order chi connectivity index (χ1) is 13.8. The standard InChI is InChI=1S/C19H15N3O6S/c23-15(24)7-8-20-29(27,28)10-5-6-14-12(9-10)16(19(26)22-14)17-18(25)11-3-1-2-4-13(11)21-17/h1-6,9,20,22,26H,7-8H2,(H,23,24). The first-order valence-electron chi connectivity index (χ1n) is 8.57. The van der Waals surface area contributed by atoms with Crippen LogP contribution in [0.15, 0.2) is 52.4 Å². The van der Waals surface area contributed by atoms with E-state index in [1.807, 2.05) is 0 Å². The lowest BCUT2D eigenvalue weighted by atomic mass is 10.0. The third-order valence-corrected chi connectivity index (χ3v) is 5.98. The molecule has 0 bridgehead atoms. The van der Waals surface area contributed by atoms with Crippen LogP contribution in [0.5, 0.6) is 5.88 Å². The number of H-pyrrole nitrogens is 1. The zero-order valence-electron chi connectivity index (χ0n) is 14.8. The first kappa shape index (κ1) is 18.8. The molecule has 0 aliphatic carbocycles. The van der Waals surface area contributed by atoms with Crippen molar-refractivity contribution in [3.63, 3.8) is 0 Å². The Bertz CT molecular complexity index is 1310. The lowest BCUT2D eigenvalue weighted by Crippen LogP contribution is -2.26. The monoisotopic (exact) mass is 413 g/mol. The van der Waals surface area contributed by atoms with Gasteiger partial charge in [-0.3, -0.25) is 9.59 Å². The predicted molar refractivity (Wildman–Crippen MR) is 104 cm³/mol. The number of ketones is 1. The molecule has 0 saturated carbocycles. The number of hydrogen-bond acceptors (Lipinski definition) is 6. The summed E-state index contributed by atoms with van der Waals surface area (Å²) in [6.07, 6.45) is -0.360. The number of aromatic amines is 1. The SMILES string of the molecule is O=C(O)CCNS(=O)(=O)c1ccc2[nH]c(O)c(C3=Nc4ccccc4C3=O)c2c1. The quantitative estimate of drug-likeness (QED) is 0.485. The molecule has 3 aromatic rings. The van der Waals surface area contributed by atoms with E-state index in [1.54, 1.807) is 24.3 Å². The number of carbonyl (C=O) groups excluding carboxylic acids is 1. The van der Waals surface area contributed by atoms with Gasteiger partial charge in [0.1, 0.15) is 5.71 Å². The van der Waals surface area contributed by atoms with Crippen LogP contribution in [-0.4, -0.2) is 47.6 Å². The number of Topliss-reactive ketones (excluding diaryl/α,β-unsaturated/α-hetero) is 1. The van der Waals surface area contributed by atoms with Crippen LogP contribution in [0.4, 0.5) is 5.69 Å². The average Bonchev–Trinajstić information content (AvgIpc) is 3.16. The Morgan fingerprint density at radius 1 is 1.17 bits per heavy atom. The second-order valence-corrected chi connectivity index (χ2v) is 8.17. The molecule has 0 spiro atoms. The van der Waals surface area contributed by atoms with Crippen LogP contribution in [0.3, 0.4) is 0 Å². The fraction of sp³-hybridized carbons (Fsp3) is 0.105. The highest BCUT2D eigenvalue weighted by Crippen LogP contribution is 2.35. The summed E-state index contributed by atoms with van der Waals surface area (Å²) in [6, 6.07) is 10.8. The summed E-state index contributed by atoms with van der Waals surface area (Å²) in [7, 11) is -3.98. The van der Waals surface area contributed by atoms with Crippen LogP contribution in [0.25, 0.3) is 10.9 Å². The summed E-state index contributed by atoms with van der Waals surface area (Å²) in [5, 5.41) is 19.3. The average molecular weight is 413 g/mol. The maximum absolute atomic E-state index is 12.7. The predicted octanol–water partition coefficient (Wildman–Crippen LogP) is 1.94. The summed E-state index contributed by atoms with van der Waals surface area (Å²) in [5.74, 6) is -1.80. The number of aliphatic imine (C=N–C) groups is 1. The largest absolute Gasteiger partial charge is 0.494 e. The van der Waals surface area contributed by atoms with Gasteiger partial charge in [0.15, 0.2) is 5.88 Å². The molecule has 4 N–H and O–H groups in total. The minimum Gasteiger partial charge on any atom is -0.494 e. The Morgan fingerprint density at radius 2 is 1.93 bits per heavy atom. The smallest absolute Gasteiger partial charge is 0.304 e. The molecule has 0 fully saturated rings. The van der Waals surface area contributed by atoms with Gasteiger partial charge in [0.05, 0.1) is 22.6 Å². The minimum atomic E-state index is -3.98. The zero-order valence-corrected chi connectivity index (χ0v) is 15.7. The van der Waals surface area contributed by atoms with Gasteiger partial charge in [-0.25, -0.2) is 18.1 Å². The lowest BCUT2D eigenvalue weighted by molar-refractivity contribution is -0.136. The topological polar surface area (TPSA) is 149 Å². The molecular formula is C19H15N3O6S. The molecule has 0 unspecified atom stereocenters. The van der Waals surface area contributed by atoms with Gasteiger partial charge in [0.25, 0.3) is 0 Å². The fourth-order valence-electron chi connectivity index (χ4n) is 3.17. The third-order valence-electron chi connectivity index (χ3n) is 4.52. The first-order valence-corrected chi connectivity index (χ1v) is 10.0. The highest BCUT2D eigenvalue weighted by Gasteiger charge is 2.30. The number of nitrogens with zero attached hydrogens (tertiary/aromatic N) is 1. The van der Waals surface area contributed by atoms with E-state index in [4.69, 9.17) is 5.11 Å². The molecule has 0 atom stereocenters. The van der Waals surface area contributed by atoms with E-state index in [0.717, 1.165) is 0 Å². The molecule has 1 aliphatic heterocycles. The van der Waals surface area contributed by atoms with Crippen LogP contribution >= 0.6 is 0 Å². The summed E-state index contributed by atoms with van der Waals surface area (Å²) in [4.78, 5) is 30.2. The van der Waals surface area contributed by atoms with Crippen molar-refractivity contribution in [2.75, 3.05) is 6.54 Å². The van der Waals surface area contributed by atoms with Gasteiger partial charge >= 0.3 is 5.97 Å². The van der Waals surface area contributed by atoms with Crippen molar-refractivity contribution >= 4 is 44.1 Å². The van der Waals surface area contributed by atoms with E-state index < -0.39 is 16.0 Å². The van der Waals surface area contributed by atoms with E-state index in [2.05, 4.69) is 14.7 Å². The molecule has 148 valence electrons. The Morgan fingerprint density at radius 3 is 2.66 bits per heavy atom. The Labute approximate surface area is 164 Å². The number of hydrogen-bond donors (Lipinski definition) is 4. The summed E-state index contributed by atoms with van der Waals surface area (Å²) in [5.41, 5.74) is 1.43. The number of carboxylic acid groups (broad SMARTS) is 1. The van der Waals surface area contributed by atoms with Gasteiger partial charge in [0, 0.05) is 23.0 Å². The maximum Gasteiger partial charge on any atom is 0.304 e. The molecule has 0 amide bonds. The number of nitrogens with one attached hydrogen (secondary N) is 2. The highest BCUT2D eigenvalue weighted by atomic mass is 32.2. The maximum atomic E-state index is 12.7. The van der Waals surface area contributed by atoms with Crippen molar-refractivity contribution in [1.82, 2.24) is 9.71 Å². The number of fused-ring (bicyclic) bond motifs is 2. The van der Waals surface area contributed by atoms with Crippen LogP contribution in [0, 0.1) is 0 Å². The fourth-order valence-corrected chi connectivity index (χ4v) is 4.23. The molecule has 9 nitrogen and oxygen atoms in total. The number of benzene rings is 2. The molecular weight excluding hydrogens is 398 g/mol. The van der Waals surface area contributed by atoms with Gasteiger partial charge in [-0.1, -0.05) is 12.1 Å². The summed E-state index contributed by atoms with van der Waals surface area (Å²) >= 11 is 0. The molecule has 29 heavy (non-hydrogen) atoms. The van der Waals surface area contributed by atoms with Gasteiger partial charge in [-0.2, -0.15) is 0 Å². The highest BCUT2D eigenvalue weighted by molar-refractivity contribution is 7.89. The Balaban J connectivity index is 1.77. The van der Waals surface area contributed by atoms with Crippen LogP contribution < -0.4 is 4.72 Å². The van der Waals surface area contributed by atoms with Crippen LogP contribution in [0.1, 0.15) is 22.3 Å². The zero-order chi connectivity index (χ0) is 20.8. The van der Waals surface area contributed by atoms with Gasteiger partial charge in [-0.15, -0.1) is 0 Å². The summed E-state index contributed by atoms with van der Waals surface area (Å²) in [6.45, 7) is -0.262. The molecule has 0 saturated heterocycles. The molecule has 10 heteroatoms. The second-order valence-electron chi connectivity index (χ2n) is 6.40. The van der Waals surface area contributed by atoms with Crippen molar-refractivity contribution in [2.24, 2.45) is 4.99 Å². The number of rotatable bonds is 6. The molecule has 1 aliphatic rings.